The molecule has 2 heterocycles. The van der Waals surface area contributed by atoms with Gasteiger partial charge in [-0.1, -0.05) is 6.92 Å². The van der Waals surface area contributed by atoms with E-state index in [1.54, 1.807) is 11.3 Å². The molecule has 0 aliphatic carbocycles. The van der Waals surface area contributed by atoms with E-state index in [0.29, 0.717) is 25.9 Å². The molecule has 21 heavy (non-hydrogen) atoms. The zero-order chi connectivity index (χ0) is 15.6. The van der Waals surface area contributed by atoms with Crippen molar-refractivity contribution in [2.75, 3.05) is 18.8 Å². The Hall–Kier alpha value is -0.920. The number of carbonyl (C=O) groups excluding carboxylic acids is 1. The van der Waals surface area contributed by atoms with Crippen LogP contribution < -0.4 is 5.14 Å². The number of carbonyl (C=O) groups is 1. The lowest BCUT2D eigenvalue weighted by Gasteiger charge is -2.31. The van der Waals surface area contributed by atoms with E-state index in [9.17, 15) is 13.2 Å². The molecule has 1 aromatic rings. The molecular weight excluding hydrogens is 308 g/mol. The Morgan fingerprint density at radius 1 is 1.43 bits per heavy atom. The molecule has 0 saturated carbocycles. The minimum absolute atomic E-state index is 0.0210. The fourth-order valence-corrected chi connectivity index (χ4v) is 4.84. The largest absolute Gasteiger partial charge is 0.338 e. The Bertz CT molecular complexity index is 614. The molecule has 0 unspecified atom stereocenters. The second-order valence-corrected chi connectivity index (χ2v) is 8.53. The van der Waals surface area contributed by atoms with Gasteiger partial charge in [-0.05, 0) is 43.7 Å². The number of aryl methyl sites for hydroxylation is 2. The lowest BCUT2D eigenvalue weighted by molar-refractivity contribution is 0.0703. The highest BCUT2D eigenvalue weighted by molar-refractivity contribution is 7.89. The summed E-state index contributed by atoms with van der Waals surface area (Å²) < 4.78 is 22.2. The normalized spacial score (nSPS) is 17.2. The monoisotopic (exact) mass is 330 g/mol. The van der Waals surface area contributed by atoms with Crippen molar-refractivity contribution >= 4 is 27.3 Å². The van der Waals surface area contributed by atoms with Gasteiger partial charge in [-0.15, -0.1) is 11.3 Å². The molecule has 0 atom stereocenters. The smallest absolute Gasteiger partial charge is 0.263 e. The molecule has 0 radical (unpaired) electrons. The molecule has 0 spiro atoms. The third kappa shape index (κ3) is 4.28. The summed E-state index contributed by atoms with van der Waals surface area (Å²) in [6.45, 7) is 5.34. The number of hydrogen-bond acceptors (Lipinski definition) is 4. The molecule has 1 fully saturated rings. The third-order valence-electron chi connectivity index (χ3n) is 3.98. The van der Waals surface area contributed by atoms with Crippen molar-refractivity contribution in [1.82, 2.24) is 4.90 Å². The minimum Gasteiger partial charge on any atom is -0.338 e. The van der Waals surface area contributed by atoms with Crippen molar-refractivity contribution in [2.45, 2.75) is 33.1 Å². The van der Waals surface area contributed by atoms with E-state index >= 15 is 0 Å². The summed E-state index contributed by atoms with van der Waals surface area (Å²) in [7, 11) is -3.42. The summed E-state index contributed by atoms with van der Waals surface area (Å²) in [4.78, 5) is 16.3. The Kier molecular flexibility index (Phi) is 5.06. The van der Waals surface area contributed by atoms with Crippen LogP contribution in [0.15, 0.2) is 6.07 Å². The maximum Gasteiger partial charge on any atom is 0.263 e. The van der Waals surface area contributed by atoms with Crippen LogP contribution in [0.2, 0.25) is 0 Å². The fourth-order valence-electron chi connectivity index (χ4n) is 2.76. The number of primary sulfonamides is 1. The molecule has 1 amide bonds. The molecule has 1 aromatic heterocycles. The summed E-state index contributed by atoms with van der Waals surface area (Å²) in [6.07, 6.45) is 2.34. The first kappa shape index (κ1) is 16.5. The van der Waals surface area contributed by atoms with Crippen LogP contribution in [0.5, 0.6) is 0 Å². The quantitative estimate of drug-likeness (QED) is 0.913. The van der Waals surface area contributed by atoms with Crippen molar-refractivity contribution in [1.29, 1.82) is 0 Å². The van der Waals surface area contributed by atoms with E-state index < -0.39 is 10.0 Å². The highest BCUT2D eigenvalue weighted by atomic mass is 32.2. The van der Waals surface area contributed by atoms with Crippen LogP contribution in [0.1, 0.15) is 39.9 Å². The van der Waals surface area contributed by atoms with E-state index in [-0.39, 0.29) is 17.6 Å². The first-order valence-electron chi connectivity index (χ1n) is 7.19. The Morgan fingerprint density at radius 3 is 2.52 bits per heavy atom. The highest BCUT2D eigenvalue weighted by Crippen LogP contribution is 2.26. The average molecular weight is 330 g/mol. The molecular formula is C14H22N2O3S2. The second-order valence-electron chi connectivity index (χ2n) is 5.61. The zero-order valence-electron chi connectivity index (χ0n) is 12.5. The van der Waals surface area contributed by atoms with Gasteiger partial charge >= 0.3 is 0 Å². The fraction of sp³-hybridized carbons (Fsp3) is 0.643. The first-order chi connectivity index (χ1) is 9.80. The van der Waals surface area contributed by atoms with Crippen LogP contribution >= 0.6 is 11.3 Å². The maximum absolute atomic E-state index is 12.5. The molecule has 1 aliphatic heterocycles. The topological polar surface area (TPSA) is 80.5 Å². The predicted molar refractivity (Wildman–Crippen MR) is 85.0 cm³/mol. The lowest BCUT2D eigenvalue weighted by Crippen LogP contribution is -2.40. The summed E-state index contributed by atoms with van der Waals surface area (Å²) in [5.41, 5.74) is 1.23. The number of nitrogens with two attached hydrogens (primary N) is 1. The van der Waals surface area contributed by atoms with Crippen LogP contribution in [-0.2, 0) is 16.4 Å². The lowest BCUT2D eigenvalue weighted by atomic mass is 9.99. The number of piperidine rings is 1. The number of likely N-dealkylation sites (tertiary alicyclic amines) is 1. The van der Waals surface area contributed by atoms with Crippen LogP contribution in [0.4, 0.5) is 0 Å². The van der Waals surface area contributed by atoms with E-state index in [1.165, 1.54) is 10.4 Å². The second kappa shape index (κ2) is 6.46. The molecule has 1 saturated heterocycles. The summed E-state index contributed by atoms with van der Waals surface area (Å²) in [6, 6.07) is 1.98. The van der Waals surface area contributed by atoms with Gasteiger partial charge in [0.05, 0.1) is 10.6 Å². The SMILES string of the molecule is CCc1cc(C(=O)N2CCC(CS(N)(=O)=O)CC2)sc1C. The molecule has 0 aromatic carbocycles. The minimum atomic E-state index is -3.42. The number of sulfonamides is 1. The van der Waals surface area contributed by atoms with Gasteiger partial charge in [0.15, 0.2) is 0 Å². The number of nitrogens with zero attached hydrogens (tertiary/aromatic N) is 1. The number of rotatable bonds is 4. The van der Waals surface area contributed by atoms with Crippen molar-refractivity contribution in [2.24, 2.45) is 11.1 Å². The van der Waals surface area contributed by atoms with Gasteiger partial charge in [-0.25, -0.2) is 13.6 Å². The van der Waals surface area contributed by atoms with Gasteiger partial charge in [0.2, 0.25) is 10.0 Å². The molecule has 5 nitrogen and oxygen atoms in total. The standard InChI is InChI=1S/C14H22N2O3S2/c1-3-12-8-13(20-10(12)2)14(17)16-6-4-11(5-7-16)9-21(15,18)19/h8,11H,3-7,9H2,1-2H3,(H2,15,18,19). The van der Waals surface area contributed by atoms with Crippen LogP contribution in [-0.4, -0.2) is 38.1 Å². The average Bonchev–Trinajstić information content (AvgIpc) is 2.78. The maximum atomic E-state index is 12.5. The zero-order valence-corrected chi connectivity index (χ0v) is 14.1. The van der Waals surface area contributed by atoms with E-state index in [2.05, 4.69) is 6.92 Å². The molecule has 118 valence electrons. The van der Waals surface area contributed by atoms with Crippen molar-refractivity contribution in [3.05, 3.63) is 21.4 Å². The molecule has 2 N–H and O–H groups in total. The third-order valence-corrected chi connectivity index (χ3v) is 6.00. The first-order valence-corrected chi connectivity index (χ1v) is 9.72. The Balaban J connectivity index is 1.96. The van der Waals surface area contributed by atoms with Gasteiger partial charge < -0.3 is 4.90 Å². The molecule has 0 bridgehead atoms. The van der Waals surface area contributed by atoms with Crippen molar-refractivity contribution in [3.8, 4) is 0 Å². The van der Waals surface area contributed by atoms with E-state index in [0.717, 1.165) is 11.3 Å². The molecule has 7 heteroatoms. The van der Waals surface area contributed by atoms with Crippen LogP contribution in [0, 0.1) is 12.8 Å². The Morgan fingerprint density at radius 2 is 2.05 bits per heavy atom. The Labute approximate surface area is 130 Å². The number of amides is 1. The van der Waals surface area contributed by atoms with Crippen molar-refractivity contribution < 1.29 is 13.2 Å². The van der Waals surface area contributed by atoms with E-state index in [4.69, 9.17) is 5.14 Å². The highest BCUT2D eigenvalue weighted by Gasteiger charge is 2.26. The summed E-state index contributed by atoms with van der Waals surface area (Å²) in [5, 5.41) is 5.08. The van der Waals surface area contributed by atoms with Crippen LogP contribution in [0.3, 0.4) is 0 Å². The number of hydrogen-bond donors (Lipinski definition) is 1. The number of thiophene rings is 1. The van der Waals surface area contributed by atoms with Crippen molar-refractivity contribution in [3.63, 3.8) is 0 Å². The summed E-state index contributed by atoms with van der Waals surface area (Å²) in [5.74, 6) is 0.157. The predicted octanol–water partition coefficient (Wildman–Crippen LogP) is 1.76. The molecule has 1 aliphatic rings. The van der Waals surface area contributed by atoms with Gasteiger partial charge in [-0.3, -0.25) is 4.79 Å². The van der Waals surface area contributed by atoms with Gasteiger partial charge in [0, 0.05) is 18.0 Å². The molecule has 2 rings (SSSR count). The van der Waals surface area contributed by atoms with E-state index in [1.807, 2.05) is 17.9 Å². The van der Waals surface area contributed by atoms with Gasteiger partial charge in [0.25, 0.3) is 5.91 Å². The van der Waals surface area contributed by atoms with Gasteiger partial charge in [0.1, 0.15) is 0 Å². The van der Waals surface area contributed by atoms with Crippen LogP contribution in [0.25, 0.3) is 0 Å². The summed E-state index contributed by atoms with van der Waals surface area (Å²) >= 11 is 1.54. The van der Waals surface area contributed by atoms with Gasteiger partial charge in [-0.2, -0.15) is 0 Å².